The second kappa shape index (κ2) is 8.50. The largest absolute Gasteiger partial charge is 0.338 e. The van der Waals surface area contributed by atoms with Crippen LogP contribution in [0.3, 0.4) is 0 Å². The maximum atomic E-state index is 13.2. The van der Waals surface area contributed by atoms with Crippen molar-refractivity contribution in [3.05, 3.63) is 33.8 Å². The molecular formula is C20H27Cl2N3OS. The van der Waals surface area contributed by atoms with E-state index in [0.717, 1.165) is 38.0 Å². The molecule has 1 spiro atoms. The van der Waals surface area contributed by atoms with Gasteiger partial charge in [0, 0.05) is 31.4 Å². The Labute approximate surface area is 175 Å². The molecule has 2 atom stereocenters. The van der Waals surface area contributed by atoms with Gasteiger partial charge >= 0.3 is 0 Å². The molecule has 1 aromatic rings. The molecule has 0 saturated carbocycles. The zero-order valence-electron chi connectivity index (χ0n) is 15.6. The summed E-state index contributed by atoms with van der Waals surface area (Å²) in [5.41, 5.74) is 0.933. The summed E-state index contributed by atoms with van der Waals surface area (Å²) in [5, 5.41) is 4.77. The van der Waals surface area contributed by atoms with Gasteiger partial charge in [-0.1, -0.05) is 29.3 Å². The van der Waals surface area contributed by atoms with Crippen LogP contribution in [0, 0.1) is 0 Å². The van der Waals surface area contributed by atoms with Gasteiger partial charge in [0.15, 0.2) is 0 Å². The molecule has 3 saturated heterocycles. The second-order valence-corrected chi connectivity index (χ2v) is 10.2. The van der Waals surface area contributed by atoms with Gasteiger partial charge in [0.1, 0.15) is 0 Å². The summed E-state index contributed by atoms with van der Waals surface area (Å²) >= 11 is 14.2. The van der Waals surface area contributed by atoms with E-state index in [4.69, 9.17) is 23.2 Å². The van der Waals surface area contributed by atoms with E-state index in [2.05, 4.69) is 15.1 Å². The Bertz CT molecular complexity index is 690. The lowest BCUT2D eigenvalue weighted by molar-refractivity contribution is -0.135. The molecule has 4 nitrogen and oxygen atoms in total. The first-order chi connectivity index (χ1) is 13.0. The van der Waals surface area contributed by atoms with Crippen LogP contribution in [0.25, 0.3) is 0 Å². The SMILES string of the molecule is O=C(Cc1ccc(Cl)c(Cl)c1)N1CCC2(CC1CN1CCCC1)NCCS2. The molecule has 1 amide bonds. The molecule has 0 radical (unpaired) electrons. The topological polar surface area (TPSA) is 35.6 Å². The van der Waals surface area contributed by atoms with E-state index in [0.29, 0.717) is 16.5 Å². The molecule has 3 heterocycles. The lowest BCUT2D eigenvalue weighted by atomic mass is 9.94. The van der Waals surface area contributed by atoms with Crippen LogP contribution >= 0.6 is 35.0 Å². The van der Waals surface area contributed by atoms with Gasteiger partial charge in [0.2, 0.25) is 5.91 Å². The van der Waals surface area contributed by atoms with Crippen LogP contribution in [0.4, 0.5) is 0 Å². The quantitative estimate of drug-likeness (QED) is 0.794. The smallest absolute Gasteiger partial charge is 0.227 e. The number of likely N-dealkylation sites (tertiary alicyclic amines) is 2. The molecule has 3 fully saturated rings. The predicted molar refractivity (Wildman–Crippen MR) is 114 cm³/mol. The lowest BCUT2D eigenvalue weighted by Crippen LogP contribution is -2.58. The van der Waals surface area contributed by atoms with Crippen molar-refractivity contribution < 1.29 is 4.79 Å². The Morgan fingerprint density at radius 2 is 2.04 bits per heavy atom. The van der Waals surface area contributed by atoms with Crippen molar-refractivity contribution in [3.8, 4) is 0 Å². The number of thioether (sulfide) groups is 1. The first-order valence-corrected chi connectivity index (χ1v) is 11.6. The number of nitrogens with one attached hydrogen (secondary N) is 1. The Kier molecular flexibility index (Phi) is 6.25. The summed E-state index contributed by atoms with van der Waals surface area (Å²) in [5.74, 6) is 1.38. The third-order valence-corrected chi connectivity index (χ3v) is 8.23. The minimum absolute atomic E-state index is 0.171. The van der Waals surface area contributed by atoms with Crippen LogP contribution in [-0.2, 0) is 11.2 Å². The minimum atomic E-state index is 0.171. The summed E-state index contributed by atoms with van der Waals surface area (Å²) in [7, 11) is 0. The number of benzene rings is 1. The van der Waals surface area contributed by atoms with Crippen LogP contribution in [0.5, 0.6) is 0 Å². The highest BCUT2D eigenvalue weighted by Crippen LogP contribution is 2.40. The number of carbonyl (C=O) groups excluding carboxylic acids is 1. The van der Waals surface area contributed by atoms with Crippen LogP contribution in [0.2, 0.25) is 10.0 Å². The fourth-order valence-corrected chi connectivity index (χ4v) is 6.29. The Morgan fingerprint density at radius 3 is 2.74 bits per heavy atom. The number of rotatable bonds is 4. The number of piperidine rings is 1. The van der Waals surface area contributed by atoms with Crippen molar-refractivity contribution in [1.29, 1.82) is 0 Å². The van der Waals surface area contributed by atoms with E-state index in [1.54, 1.807) is 6.07 Å². The Hall–Kier alpha value is -0.460. The molecule has 4 rings (SSSR count). The number of hydrogen-bond acceptors (Lipinski definition) is 4. The summed E-state index contributed by atoms with van der Waals surface area (Å²) < 4.78 is 0. The van der Waals surface area contributed by atoms with Gasteiger partial charge in [-0.25, -0.2) is 0 Å². The van der Waals surface area contributed by atoms with Crippen LogP contribution < -0.4 is 5.32 Å². The van der Waals surface area contributed by atoms with E-state index < -0.39 is 0 Å². The van der Waals surface area contributed by atoms with E-state index in [1.807, 2.05) is 23.9 Å². The van der Waals surface area contributed by atoms with Gasteiger partial charge in [-0.05, 0) is 56.5 Å². The number of nitrogens with zero attached hydrogens (tertiary/aromatic N) is 2. The van der Waals surface area contributed by atoms with Crippen LogP contribution in [0.1, 0.15) is 31.2 Å². The zero-order chi connectivity index (χ0) is 18.9. The summed E-state index contributed by atoms with van der Waals surface area (Å²) in [6, 6.07) is 5.78. The minimum Gasteiger partial charge on any atom is -0.338 e. The first-order valence-electron chi connectivity index (χ1n) is 9.89. The second-order valence-electron chi connectivity index (χ2n) is 7.90. The molecule has 2 unspecified atom stereocenters. The maximum Gasteiger partial charge on any atom is 0.227 e. The van der Waals surface area contributed by atoms with E-state index in [1.165, 1.54) is 31.7 Å². The summed E-state index contributed by atoms with van der Waals surface area (Å²) in [6.07, 6.45) is 5.02. The van der Waals surface area contributed by atoms with Crippen molar-refractivity contribution in [2.24, 2.45) is 0 Å². The third kappa shape index (κ3) is 4.59. The average Bonchev–Trinajstić information content (AvgIpc) is 3.31. The van der Waals surface area contributed by atoms with Crippen molar-refractivity contribution in [1.82, 2.24) is 15.1 Å². The third-order valence-electron chi connectivity index (χ3n) is 6.02. The zero-order valence-corrected chi connectivity index (χ0v) is 17.9. The van der Waals surface area contributed by atoms with Gasteiger partial charge < -0.3 is 15.1 Å². The summed E-state index contributed by atoms with van der Waals surface area (Å²) in [6.45, 7) is 5.24. The predicted octanol–water partition coefficient (Wildman–Crippen LogP) is 3.66. The van der Waals surface area contributed by atoms with Gasteiger partial charge in [0.25, 0.3) is 0 Å². The van der Waals surface area contributed by atoms with Crippen LogP contribution in [-0.4, -0.2) is 65.1 Å². The number of hydrogen-bond donors (Lipinski definition) is 1. The standard InChI is InChI=1S/C20H27Cl2N3OS/c21-17-4-3-15(11-18(17)22)12-19(26)25-9-5-20(23-6-10-27-20)13-16(25)14-24-7-1-2-8-24/h3-4,11,16,23H,1-2,5-10,12-14H2. The van der Waals surface area contributed by atoms with Gasteiger partial charge in [-0.15, -0.1) is 11.8 Å². The average molecular weight is 428 g/mol. The maximum absolute atomic E-state index is 13.2. The van der Waals surface area contributed by atoms with Crippen molar-refractivity contribution in [2.75, 3.05) is 38.5 Å². The molecule has 0 aliphatic carbocycles. The fraction of sp³-hybridized carbons (Fsp3) is 0.650. The van der Waals surface area contributed by atoms with E-state index >= 15 is 0 Å². The van der Waals surface area contributed by atoms with Gasteiger partial charge in [0.05, 0.1) is 21.3 Å². The highest BCUT2D eigenvalue weighted by atomic mass is 35.5. The molecule has 7 heteroatoms. The van der Waals surface area contributed by atoms with Crippen molar-refractivity contribution >= 4 is 40.9 Å². The van der Waals surface area contributed by atoms with E-state index in [9.17, 15) is 4.79 Å². The summed E-state index contributed by atoms with van der Waals surface area (Å²) in [4.78, 5) is 18.0. The van der Waals surface area contributed by atoms with Crippen LogP contribution in [0.15, 0.2) is 18.2 Å². The Balaban J connectivity index is 1.47. The lowest BCUT2D eigenvalue weighted by Gasteiger charge is -2.46. The Morgan fingerprint density at radius 1 is 1.22 bits per heavy atom. The molecule has 3 aliphatic heterocycles. The number of carbonyl (C=O) groups is 1. The number of halogens is 2. The normalized spacial score (nSPS) is 29.0. The number of amides is 1. The van der Waals surface area contributed by atoms with Crippen molar-refractivity contribution in [3.63, 3.8) is 0 Å². The first kappa shape index (κ1) is 19.8. The van der Waals surface area contributed by atoms with Gasteiger partial charge in [-0.3, -0.25) is 4.79 Å². The van der Waals surface area contributed by atoms with E-state index in [-0.39, 0.29) is 16.8 Å². The molecule has 1 aromatic carbocycles. The molecule has 0 bridgehead atoms. The molecule has 27 heavy (non-hydrogen) atoms. The highest BCUT2D eigenvalue weighted by Gasteiger charge is 2.44. The molecule has 0 aromatic heterocycles. The highest BCUT2D eigenvalue weighted by molar-refractivity contribution is 8.00. The monoisotopic (exact) mass is 427 g/mol. The van der Waals surface area contributed by atoms with Crippen molar-refractivity contribution in [2.45, 2.75) is 43.0 Å². The molecule has 3 aliphatic rings. The molecular weight excluding hydrogens is 401 g/mol. The van der Waals surface area contributed by atoms with Gasteiger partial charge in [-0.2, -0.15) is 0 Å². The fourth-order valence-electron chi connectivity index (χ4n) is 4.62. The molecule has 148 valence electrons. The molecule has 1 N–H and O–H groups in total.